The van der Waals surface area contributed by atoms with Gasteiger partial charge in [-0.2, -0.15) is 0 Å². The van der Waals surface area contributed by atoms with E-state index in [-0.39, 0.29) is 11.9 Å². The zero-order chi connectivity index (χ0) is 14.5. The maximum Gasteiger partial charge on any atom is 0.224 e. The van der Waals surface area contributed by atoms with Crippen LogP contribution in [0.4, 0.5) is 5.69 Å². The van der Waals surface area contributed by atoms with E-state index < -0.39 is 0 Å². The molecule has 20 heavy (non-hydrogen) atoms. The zero-order valence-electron chi connectivity index (χ0n) is 11.9. The number of nitrogens with two attached hydrogens (primary N) is 1. The molecule has 2 rings (SSSR count). The lowest BCUT2D eigenvalue weighted by Gasteiger charge is -2.15. The molecule has 0 aliphatic rings. The van der Waals surface area contributed by atoms with Gasteiger partial charge in [-0.15, -0.1) is 0 Å². The van der Waals surface area contributed by atoms with Crippen LogP contribution in [0.25, 0.3) is 0 Å². The number of anilines is 1. The molecule has 3 heteroatoms. The van der Waals surface area contributed by atoms with Crippen molar-refractivity contribution in [3.05, 3.63) is 65.2 Å². The van der Waals surface area contributed by atoms with Crippen molar-refractivity contribution < 1.29 is 4.79 Å². The van der Waals surface area contributed by atoms with E-state index in [1.165, 1.54) is 5.56 Å². The lowest BCUT2D eigenvalue weighted by molar-refractivity contribution is -0.121. The normalized spacial score (nSPS) is 11.9. The van der Waals surface area contributed by atoms with Gasteiger partial charge in [0.15, 0.2) is 0 Å². The van der Waals surface area contributed by atoms with Crippen LogP contribution in [0.5, 0.6) is 0 Å². The van der Waals surface area contributed by atoms with Gasteiger partial charge in [0.2, 0.25) is 5.91 Å². The maximum absolute atomic E-state index is 12.0. The molecule has 0 spiro atoms. The van der Waals surface area contributed by atoms with Crippen LogP contribution >= 0.6 is 0 Å². The number of hydrogen-bond donors (Lipinski definition) is 2. The highest BCUT2D eigenvalue weighted by Gasteiger charge is 2.10. The first-order chi connectivity index (χ1) is 9.54. The molecule has 0 unspecified atom stereocenters. The number of nitrogen functional groups attached to an aromatic ring is 1. The molecule has 1 amide bonds. The van der Waals surface area contributed by atoms with Crippen molar-refractivity contribution in [1.29, 1.82) is 0 Å². The first-order valence-electron chi connectivity index (χ1n) is 6.75. The summed E-state index contributed by atoms with van der Waals surface area (Å²) in [5.74, 6) is 0.00426. The molecule has 2 aromatic carbocycles. The summed E-state index contributed by atoms with van der Waals surface area (Å²) in [4.78, 5) is 12.0. The second kappa shape index (κ2) is 6.24. The predicted molar refractivity (Wildman–Crippen MR) is 82.3 cm³/mol. The molecule has 3 N–H and O–H groups in total. The Morgan fingerprint density at radius 1 is 1.20 bits per heavy atom. The summed E-state index contributed by atoms with van der Waals surface area (Å²) in [5, 5.41) is 3.01. The first-order valence-corrected chi connectivity index (χ1v) is 6.75. The minimum absolute atomic E-state index is 0.00320. The van der Waals surface area contributed by atoms with Crippen LogP contribution in [0.2, 0.25) is 0 Å². The molecule has 3 nitrogen and oxygen atoms in total. The Bertz CT molecular complexity index is 607. The second-order valence-corrected chi connectivity index (χ2v) is 5.13. The number of aryl methyl sites for hydroxylation is 1. The molecule has 0 fully saturated rings. The van der Waals surface area contributed by atoms with E-state index >= 15 is 0 Å². The second-order valence-electron chi connectivity index (χ2n) is 5.13. The first kappa shape index (κ1) is 14.1. The fraction of sp³-hybridized carbons (Fsp3) is 0.235. The van der Waals surface area contributed by atoms with Crippen LogP contribution in [-0.4, -0.2) is 5.91 Å². The summed E-state index contributed by atoms with van der Waals surface area (Å²) in [6, 6.07) is 15.6. The minimum Gasteiger partial charge on any atom is -0.399 e. The third-order valence-corrected chi connectivity index (χ3v) is 3.24. The highest BCUT2D eigenvalue weighted by Crippen LogP contribution is 2.14. The molecular weight excluding hydrogens is 248 g/mol. The number of carbonyl (C=O) groups excluding carboxylic acids is 1. The van der Waals surface area contributed by atoms with E-state index in [4.69, 9.17) is 5.73 Å². The Balaban J connectivity index is 1.97. The minimum atomic E-state index is 0.00320. The van der Waals surface area contributed by atoms with Crippen LogP contribution in [0.15, 0.2) is 48.5 Å². The number of nitrogens with one attached hydrogen (secondary N) is 1. The van der Waals surface area contributed by atoms with Crippen LogP contribution in [0, 0.1) is 6.92 Å². The summed E-state index contributed by atoms with van der Waals surface area (Å²) >= 11 is 0. The maximum atomic E-state index is 12.0. The Kier molecular flexibility index (Phi) is 4.41. The Morgan fingerprint density at radius 2 is 1.95 bits per heavy atom. The Morgan fingerprint density at radius 3 is 2.65 bits per heavy atom. The fourth-order valence-electron chi connectivity index (χ4n) is 2.20. The SMILES string of the molecule is Cc1cccc([C@@H](C)NC(=O)Cc2cccc(N)c2)c1. The van der Waals surface area contributed by atoms with E-state index in [9.17, 15) is 4.79 Å². The van der Waals surface area contributed by atoms with E-state index in [1.54, 1.807) is 0 Å². The average molecular weight is 268 g/mol. The highest BCUT2D eigenvalue weighted by molar-refractivity contribution is 5.79. The van der Waals surface area contributed by atoms with Crippen LogP contribution < -0.4 is 11.1 Å². The largest absolute Gasteiger partial charge is 0.399 e. The molecule has 104 valence electrons. The van der Waals surface area contributed by atoms with Gasteiger partial charge in [0.25, 0.3) is 0 Å². The van der Waals surface area contributed by atoms with Gasteiger partial charge >= 0.3 is 0 Å². The van der Waals surface area contributed by atoms with Crippen molar-refractivity contribution in [2.75, 3.05) is 5.73 Å². The van der Waals surface area contributed by atoms with Crippen molar-refractivity contribution in [1.82, 2.24) is 5.32 Å². The number of carbonyl (C=O) groups is 1. The number of rotatable bonds is 4. The topological polar surface area (TPSA) is 55.1 Å². The number of benzene rings is 2. The summed E-state index contributed by atoms with van der Waals surface area (Å²) in [5.41, 5.74) is 9.63. The third-order valence-electron chi connectivity index (χ3n) is 3.24. The third kappa shape index (κ3) is 3.85. The summed E-state index contributed by atoms with van der Waals surface area (Å²) < 4.78 is 0. The summed E-state index contributed by atoms with van der Waals surface area (Å²) in [6.07, 6.45) is 0.348. The van der Waals surface area contributed by atoms with Crippen LogP contribution in [0.3, 0.4) is 0 Å². The molecular formula is C17H20N2O. The van der Waals surface area contributed by atoms with Crippen LogP contribution in [0.1, 0.15) is 29.7 Å². The van der Waals surface area contributed by atoms with Gasteiger partial charge in [-0.05, 0) is 37.1 Å². The van der Waals surface area contributed by atoms with Crippen molar-refractivity contribution in [3.8, 4) is 0 Å². The van der Waals surface area contributed by atoms with Crippen molar-refractivity contribution in [2.24, 2.45) is 0 Å². The van der Waals surface area contributed by atoms with Gasteiger partial charge in [-0.1, -0.05) is 42.0 Å². The van der Waals surface area contributed by atoms with E-state index in [2.05, 4.69) is 11.4 Å². The molecule has 0 saturated heterocycles. The van der Waals surface area contributed by atoms with Gasteiger partial charge in [0, 0.05) is 5.69 Å². The highest BCUT2D eigenvalue weighted by atomic mass is 16.1. The van der Waals surface area contributed by atoms with Gasteiger partial charge in [-0.25, -0.2) is 0 Å². The van der Waals surface area contributed by atoms with Crippen LogP contribution in [-0.2, 0) is 11.2 Å². The van der Waals surface area contributed by atoms with Gasteiger partial charge in [0.05, 0.1) is 12.5 Å². The molecule has 0 aromatic heterocycles. The lowest BCUT2D eigenvalue weighted by Crippen LogP contribution is -2.28. The Hall–Kier alpha value is -2.29. The smallest absolute Gasteiger partial charge is 0.224 e. The fourth-order valence-corrected chi connectivity index (χ4v) is 2.20. The van der Waals surface area contributed by atoms with E-state index in [0.29, 0.717) is 12.1 Å². The lowest BCUT2D eigenvalue weighted by atomic mass is 10.1. The standard InChI is InChI=1S/C17H20N2O/c1-12-5-3-7-15(9-12)13(2)19-17(20)11-14-6-4-8-16(18)10-14/h3-10,13H,11,18H2,1-2H3,(H,19,20)/t13-/m1/s1. The molecule has 0 saturated carbocycles. The van der Waals surface area contributed by atoms with E-state index in [1.807, 2.05) is 56.3 Å². The molecule has 2 aromatic rings. The van der Waals surface area contributed by atoms with Crippen molar-refractivity contribution in [3.63, 3.8) is 0 Å². The quantitative estimate of drug-likeness (QED) is 0.837. The number of amides is 1. The van der Waals surface area contributed by atoms with E-state index in [0.717, 1.165) is 11.1 Å². The average Bonchev–Trinajstić information content (AvgIpc) is 2.38. The molecule has 0 aliphatic heterocycles. The Labute approximate surface area is 119 Å². The molecule has 0 aliphatic carbocycles. The molecule has 1 atom stereocenters. The monoisotopic (exact) mass is 268 g/mol. The van der Waals surface area contributed by atoms with Gasteiger partial charge < -0.3 is 11.1 Å². The molecule has 0 heterocycles. The zero-order valence-corrected chi connectivity index (χ0v) is 11.9. The molecule has 0 radical (unpaired) electrons. The molecule has 0 bridgehead atoms. The van der Waals surface area contributed by atoms with Crippen molar-refractivity contribution in [2.45, 2.75) is 26.3 Å². The number of hydrogen-bond acceptors (Lipinski definition) is 2. The predicted octanol–water partition coefficient (Wildman–Crippen LogP) is 3.00. The summed E-state index contributed by atoms with van der Waals surface area (Å²) in [6.45, 7) is 4.04. The van der Waals surface area contributed by atoms with Crippen molar-refractivity contribution >= 4 is 11.6 Å². The van der Waals surface area contributed by atoms with Gasteiger partial charge in [0.1, 0.15) is 0 Å². The van der Waals surface area contributed by atoms with Gasteiger partial charge in [-0.3, -0.25) is 4.79 Å². The summed E-state index contributed by atoms with van der Waals surface area (Å²) in [7, 11) is 0.